The van der Waals surface area contributed by atoms with Crippen LogP contribution in [0.25, 0.3) is 12.2 Å². The summed E-state index contributed by atoms with van der Waals surface area (Å²) < 4.78 is 18.6. The summed E-state index contributed by atoms with van der Waals surface area (Å²) in [6, 6.07) is 9.98. The molecule has 6 heteroatoms. The Morgan fingerprint density at radius 3 is 2.62 bits per heavy atom. The maximum Gasteiger partial charge on any atom is 0.240 e. The molecule has 1 heterocycles. The molecular formula is C18H13Cl2FN2O. The number of aromatic nitrogens is 2. The summed E-state index contributed by atoms with van der Waals surface area (Å²) in [5, 5.41) is 9.00. The second-order valence-corrected chi connectivity index (χ2v) is 6.11. The van der Waals surface area contributed by atoms with Gasteiger partial charge in [0.1, 0.15) is 5.82 Å². The summed E-state index contributed by atoms with van der Waals surface area (Å²) in [6.45, 7) is 1.95. The first-order chi connectivity index (χ1) is 11.5. The summed E-state index contributed by atoms with van der Waals surface area (Å²) in [6.07, 6.45) is 3.83. The van der Waals surface area contributed by atoms with Crippen LogP contribution in [-0.4, -0.2) is 10.2 Å². The van der Waals surface area contributed by atoms with Crippen LogP contribution in [0, 0.1) is 12.7 Å². The summed E-state index contributed by atoms with van der Waals surface area (Å²) >= 11 is 12.1. The van der Waals surface area contributed by atoms with E-state index in [-0.39, 0.29) is 5.82 Å². The van der Waals surface area contributed by atoms with Crippen molar-refractivity contribution in [2.24, 2.45) is 0 Å². The van der Waals surface area contributed by atoms with Crippen LogP contribution in [0.3, 0.4) is 0 Å². The average Bonchev–Trinajstić information content (AvgIpc) is 2.98. The van der Waals surface area contributed by atoms with E-state index in [1.165, 1.54) is 12.1 Å². The van der Waals surface area contributed by atoms with E-state index in [4.69, 9.17) is 27.6 Å². The minimum atomic E-state index is -0.381. The molecule has 3 nitrogen and oxygen atoms in total. The first-order valence-electron chi connectivity index (χ1n) is 7.22. The SMILES string of the molecule is Cc1ccc(Cc2nnc(/C=C/c3ccc(F)cc3Cl)o2)cc1Cl. The third kappa shape index (κ3) is 4.02. The molecular weight excluding hydrogens is 350 g/mol. The van der Waals surface area contributed by atoms with Crippen molar-refractivity contribution in [1.29, 1.82) is 0 Å². The van der Waals surface area contributed by atoms with E-state index in [9.17, 15) is 4.39 Å². The highest BCUT2D eigenvalue weighted by Gasteiger charge is 2.07. The molecule has 0 aliphatic heterocycles. The molecule has 3 aromatic rings. The Kier molecular flexibility index (Phi) is 4.97. The molecule has 0 bridgehead atoms. The summed E-state index contributed by atoms with van der Waals surface area (Å²) in [5.41, 5.74) is 2.68. The van der Waals surface area contributed by atoms with Gasteiger partial charge in [-0.2, -0.15) is 0 Å². The van der Waals surface area contributed by atoms with Crippen LogP contribution in [0.1, 0.15) is 28.5 Å². The Morgan fingerprint density at radius 2 is 1.88 bits per heavy atom. The van der Waals surface area contributed by atoms with E-state index in [0.29, 0.717) is 33.8 Å². The number of hydrogen-bond acceptors (Lipinski definition) is 3. The molecule has 122 valence electrons. The lowest BCUT2D eigenvalue weighted by molar-refractivity contribution is 0.496. The maximum absolute atomic E-state index is 13.0. The Bertz CT molecular complexity index is 906. The third-order valence-electron chi connectivity index (χ3n) is 3.44. The van der Waals surface area contributed by atoms with Gasteiger partial charge in [0.2, 0.25) is 11.8 Å². The van der Waals surface area contributed by atoms with Crippen LogP contribution in [0.4, 0.5) is 4.39 Å². The van der Waals surface area contributed by atoms with Crippen molar-refractivity contribution in [3.8, 4) is 0 Å². The van der Waals surface area contributed by atoms with Crippen molar-refractivity contribution in [1.82, 2.24) is 10.2 Å². The summed E-state index contributed by atoms with van der Waals surface area (Å²) in [4.78, 5) is 0. The van der Waals surface area contributed by atoms with Crippen LogP contribution in [0.5, 0.6) is 0 Å². The predicted molar refractivity (Wildman–Crippen MR) is 93.6 cm³/mol. The van der Waals surface area contributed by atoms with E-state index in [1.807, 2.05) is 25.1 Å². The topological polar surface area (TPSA) is 38.9 Å². The Labute approximate surface area is 148 Å². The number of halogens is 3. The zero-order valence-corrected chi connectivity index (χ0v) is 14.3. The van der Waals surface area contributed by atoms with Gasteiger partial charge in [0.25, 0.3) is 0 Å². The van der Waals surface area contributed by atoms with Gasteiger partial charge in [-0.15, -0.1) is 10.2 Å². The highest BCUT2D eigenvalue weighted by atomic mass is 35.5. The quantitative estimate of drug-likeness (QED) is 0.607. The zero-order valence-electron chi connectivity index (χ0n) is 12.8. The summed E-state index contributed by atoms with van der Waals surface area (Å²) in [5.74, 6) is 0.456. The Hall–Kier alpha value is -2.17. The minimum absolute atomic E-state index is 0.320. The maximum atomic E-state index is 13.0. The highest BCUT2D eigenvalue weighted by Crippen LogP contribution is 2.21. The Balaban J connectivity index is 1.73. The van der Waals surface area contributed by atoms with Crippen LogP contribution < -0.4 is 0 Å². The fourth-order valence-corrected chi connectivity index (χ4v) is 2.56. The van der Waals surface area contributed by atoms with Crippen molar-refractivity contribution in [2.75, 3.05) is 0 Å². The van der Waals surface area contributed by atoms with Crippen LogP contribution in [-0.2, 0) is 6.42 Å². The largest absolute Gasteiger partial charge is 0.421 e. The molecule has 0 aliphatic rings. The highest BCUT2D eigenvalue weighted by molar-refractivity contribution is 6.32. The fraction of sp³-hybridized carbons (Fsp3) is 0.111. The van der Waals surface area contributed by atoms with Crippen molar-refractivity contribution >= 4 is 35.4 Å². The van der Waals surface area contributed by atoms with E-state index in [1.54, 1.807) is 18.2 Å². The van der Waals surface area contributed by atoms with E-state index < -0.39 is 0 Å². The van der Waals surface area contributed by atoms with Gasteiger partial charge in [-0.05, 0) is 47.9 Å². The van der Waals surface area contributed by atoms with Gasteiger partial charge < -0.3 is 4.42 Å². The average molecular weight is 363 g/mol. The van der Waals surface area contributed by atoms with Crippen LogP contribution >= 0.6 is 23.2 Å². The van der Waals surface area contributed by atoms with Gasteiger partial charge in [0.15, 0.2) is 0 Å². The molecule has 0 spiro atoms. The molecule has 24 heavy (non-hydrogen) atoms. The van der Waals surface area contributed by atoms with Crippen LogP contribution in [0.2, 0.25) is 10.0 Å². The molecule has 0 aliphatic carbocycles. The normalized spacial score (nSPS) is 11.3. The minimum Gasteiger partial charge on any atom is -0.421 e. The van der Waals surface area contributed by atoms with Gasteiger partial charge in [-0.3, -0.25) is 0 Å². The standard InChI is InChI=1S/C18H13Cl2FN2O/c1-11-2-3-12(8-15(11)19)9-18-23-22-17(24-18)7-5-13-4-6-14(21)10-16(13)20/h2-8,10H,9H2,1H3/b7-5+. The lowest BCUT2D eigenvalue weighted by Gasteiger charge is -2.00. The molecule has 0 saturated carbocycles. The second-order valence-electron chi connectivity index (χ2n) is 5.29. The first kappa shape index (κ1) is 16.7. The molecule has 0 amide bonds. The zero-order chi connectivity index (χ0) is 17.1. The number of hydrogen-bond donors (Lipinski definition) is 0. The van der Waals surface area contributed by atoms with Gasteiger partial charge in [0, 0.05) is 11.1 Å². The molecule has 0 fully saturated rings. The van der Waals surface area contributed by atoms with Crippen molar-refractivity contribution in [2.45, 2.75) is 13.3 Å². The molecule has 0 saturated heterocycles. The number of nitrogens with zero attached hydrogens (tertiary/aromatic N) is 2. The molecule has 0 unspecified atom stereocenters. The van der Waals surface area contributed by atoms with Crippen molar-refractivity contribution in [3.63, 3.8) is 0 Å². The number of benzene rings is 2. The van der Waals surface area contributed by atoms with Gasteiger partial charge >= 0.3 is 0 Å². The molecule has 2 aromatic carbocycles. The van der Waals surface area contributed by atoms with E-state index in [2.05, 4.69) is 10.2 Å². The lowest BCUT2D eigenvalue weighted by Crippen LogP contribution is -1.89. The van der Waals surface area contributed by atoms with Crippen molar-refractivity contribution in [3.05, 3.63) is 80.7 Å². The molecule has 0 radical (unpaired) electrons. The number of aryl methyl sites for hydroxylation is 1. The smallest absolute Gasteiger partial charge is 0.240 e. The predicted octanol–water partition coefficient (Wildman–Crippen LogP) is 5.59. The van der Waals surface area contributed by atoms with Crippen molar-refractivity contribution < 1.29 is 8.81 Å². The van der Waals surface area contributed by atoms with Crippen LogP contribution in [0.15, 0.2) is 40.8 Å². The van der Waals surface area contributed by atoms with Gasteiger partial charge in [-0.1, -0.05) is 41.4 Å². The Morgan fingerprint density at radius 1 is 1.04 bits per heavy atom. The fourth-order valence-electron chi connectivity index (χ4n) is 2.12. The lowest BCUT2D eigenvalue weighted by atomic mass is 10.1. The van der Waals surface area contributed by atoms with E-state index in [0.717, 1.165) is 11.1 Å². The number of rotatable bonds is 4. The van der Waals surface area contributed by atoms with Gasteiger partial charge in [0.05, 0.1) is 11.4 Å². The second kappa shape index (κ2) is 7.16. The molecule has 0 atom stereocenters. The molecule has 3 rings (SSSR count). The first-order valence-corrected chi connectivity index (χ1v) is 7.97. The molecule has 0 N–H and O–H groups in total. The summed E-state index contributed by atoms with van der Waals surface area (Å²) in [7, 11) is 0. The van der Waals surface area contributed by atoms with Gasteiger partial charge in [-0.25, -0.2) is 4.39 Å². The van der Waals surface area contributed by atoms with E-state index >= 15 is 0 Å². The third-order valence-corrected chi connectivity index (χ3v) is 4.18. The monoisotopic (exact) mass is 362 g/mol. The molecule has 1 aromatic heterocycles.